The van der Waals surface area contributed by atoms with Gasteiger partial charge in [-0.2, -0.15) is 0 Å². The van der Waals surface area contributed by atoms with Crippen molar-refractivity contribution in [2.45, 2.75) is 66.2 Å². The van der Waals surface area contributed by atoms with E-state index < -0.39 is 5.41 Å². The normalized spacial score (nSPS) is 48.1. The minimum atomic E-state index is -0.462. The molecular weight excluding hydrogens is 388 g/mol. The van der Waals surface area contributed by atoms with Gasteiger partial charge in [0.05, 0.1) is 12.5 Å². The van der Waals surface area contributed by atoms with Gasteiger partial charge in [-0.15, -0.1) is 0 Å². The summed E-state index contributed by atoms with van der Waals surface area (Å²) in [5.41, 5.74) is 0.654. The first-order chi connectivity index (χ1) is 14.6. The summed E-state index contributed by atoms with van der Waals surface area (Å²) in [5, 5.41) is 0. The monoisotopic (exact) mass is 424 g/mol. The SMILES string of the molecule is COC(=O)[C@]1(C)CCC[C@]2(C)C3CC4C(C(C)C)=C[C@]3(CCC21)C1C(=O)C=CC(=O)C41. The summed E-state index contributed by atoms with van der Waals surface area (Å²) >= 11 is 0. The predicted molar refractivity (Wildman–Crippen MR) is 118 cm³/mol. The van der Waals surface area contributed by atoms with Gasteiger partial charge in [0.25, 0.3) is 0 Å². The van der Waals surface area contributed by atoms with Crippen LogP contribution in [0.4, 0.5) is 0 Å². The molecule has 3 fully saturated rings. The smallest absolute Gasteiger partial charge is 0.311 e. The maximum Gasteiger partial charge on any atom is 0.311 e. The van der Waals surface area contributed by atoms with Crippen molar-refractivity contribution in [2.24, 2.45) is 51.8 Å². The van der Waals surface area contributed by atoms with E-state index in [2.05, 4.69) is 33.8 Å². The Morgan fingerprint density at radius 3 is 2.45 bits per heavy atom. The second kappa shape index (κ2) is 6.65. The van der Waals surface area contributed by atoms with Gasteiger partial charge in [-0.25, -0.2) is 0 Å². The highest BCUT2D eigenvalue weighted by Crippen LogP contribution is 2.74. The summed E-state index contributed by atoms with van der Waals surface area (Å²) in [6.45, 7) is 8.93. The van der Waals surface area contributed by atoms with Gasteiger partial charge in [0.1, 0.15) is 0 Å². The van der Waals surface area contributed by atoms with E-state index in [1.807, 2.05) is 0 Å². The highest BCUT2D eigenvalue weighted by atomic mass is 16.5. The molecule has 4 heteroatoms. The van der Waals surface area contributed by atoms with Crippen LogP contribution in [0.15, 0.2) is 23.8 Å². The average Bonchev–Trinajstić information content (AvgIpc) is 2.74. The van der Waals surface area contributed by atoms with E-state index in [4.69, 9.17) is 4.74 Å². The van der Waals surface area contributed by atoms with Gasteiger partial charge in [0.2, 0.25) is 0 Å². The Hall–Kier alpha value is -1.71. The molecule has 8 atom stereocenters. The fourth-order valence-corrected chi connectivity index (χ4v) is 9.27. The highest BCUT2D eigenvalue weighted by molar-refractivity contribution is 6.08. The van der Waals surface area contributed by atoms with E-state index in [-0.39, 0.29) is 52.0 Å². The van der Waals surface area contributed by atoms with E-state index in [9.17, 15) is 14.4 Å². The molecule has 0 heterocycles. The number of ether oxygens (including phenoxy) is 1. The van der Waals surface area contributed by atoms with Crippen LogP contribution in [0, 0.1) is 51.8 Å². The molecule has 6 rings (SSSR count). The van der Waals surface area contributed by atoms with Crippen molar-refractivity contribution in [3.63, 3.8) is 0 Å². The molecule has 0 saturated heterocycles. The van der Waals surface area contributed by atoms with E-state index in [1.165, 1.54) is 18.8 Å². The van der Waals surface area contributed by atoms with Crippen LogP contribution < -0.4 is 0 Å². The van der Waals surface area contributed by atoms with Gasteiger partial charge in [-0.05, 0) is 80.3 Å². The minimum absolute atomic E-state index is 0.0217. The Balaban J connectivity index is 1.66. The van der Waals surface area contributed by atoms with Gasteiger partial charge >= 0.3 is 5.97 Å². The molecule has 0 N–H and O–H groups in total. The molecular formula is C27H36O4. The van der Waals surface area contributed by atoms with Crippen molar-refractivity contribution in [1.82, 2.24) is 0 Å². The number of fused-ring (bicyclic) bond motifs is 1. The van der Waals surface area contributed by atoms with Gasteiger partial charge in [-0.3, -0.25) is 14.4 Å². The maximum atomic E-state index is 13.3. The van der Waals surface area contributed by atoms with Gasteiger partial charge in [0.15, 0.2) is 11.6 Å². The fourth-order valence-electron chi connectivity index (χ4n) is 9.27. The molecule has 0 aliphatic heterocycles. The second-order valence-corrected chi connectivity index (χ2v) is 11.8. The van der Waals surface area contributed by atoms with Crippen LogP contribution in [-0.4, -0.2) is 24.6 Å². The zero-order valence-electron chi connectivity index (χ0n) is 19.6. The number of rotatable bonds is 2. The molecule has 4 nitrogen and oxygen atoms in total. The summed E-state index contributed by atoms with van der Waals surface area (Å²) in [6.07, 6.45) is 11.3. The highest BCUT2D eigenvalue weighted by Gasteiger charge is 2.70. The summed E-state index contributed by atoms with van der Waals surface area (Å²) in [4.78, 5) is 39.3. The first kappa shape index (κ1) is 21.2. The van der Waals surface area contributed by atoms with Crippen molar-refractivity contribution in [3.05, 3.63) is 23.8 Å². The molecule has 2 bridgehead atoms. The molecule has 3 saturated carbocycles. The number of methoxy groups -OCH3 is 1. The lowest BCUT2D eigenvalue weighted by Crippen LogP contribution is -2.66. The minimum Gasteiger partial charge on any atom is -0.469 e. The molecule has 31 heavy (non-hydrogen) atoms. The molecule has 6 aliphatic carbocycles. The molecule has 168 valence electrons. The lowest BCUT2D eigenvalue weighted by Gasteiger charge is -2.69. The molecule has 6 aliphatic rings. The largest absolute Gasteiger partial charge is 0.469 e. The van der Waals surface area contributed by atoms with Crippen molar-refractivity contribution in [3.8, 4) is 0 Å². The van der Waals surface area contributed by atoms with Crippen molar-refractivity contribution < 1.29 is 19.1 Å². The van der Waals surface area contributed by atoms with Crippen LogP contribution in [0.25, 0.3) is 0 Å². The second-order valence-electron chi connectivity index (χ2n) is 11.8. The van der Waals surface area contributed by atoms with Crippen LogP contribution >= 0.6 is 0 Å². The maximum absolute atomic E-state index is 13.3. The van der Waals surface area contributed by atoms with Gasteiger partial charge in [-0.1, -0.05) is 38.8 Å². The van der Waals surface area contributed by atoms with Crippen LogP contribution in [-0.2, 0) is 19.1 Å². The summed E-state index contributed by atoms with van der Waals surface area (Å²) in [5.74, 6) is 0.932. The Morgan fingerprint density at radius 2 is 1.77 bits per heavy atom. The Kier molecular flexibility index (Phi) is 4.54. The molecule has 5 unspecified atom stereocenters. The number of carbonyl (C=O) groups is 3. The third-order valence-corrected chi connectivity index (χ3v) is 10.4. The number of ketones is 2. The lowest BCUT2D eigenvalue weighted by molar-refractivity contribution is -0.199. The Labute approximate surface area is 185 Å². The molecule has 0 amide bonds. The third-order valence-electron chi connectivity index (χ3n) is 10.4. The summed E-state index contributed by atoms with van der Waals surface area (Å²) in [6, 6.07) is 0. The molecule has 1 spiro atoms. The number of esters is 1. The molecule has 0 aromatic heterocycles. The lowest BCUT2D eigenvalue weighted by atomic mass is 9.33. The number of allylic oxidation sites excluding steroid dienone is 4. The summed E-state index contributed by atoms with van der Waals surface area (Å²) in [7, 11) is 1.51. The standard InChI is InChI=1S/C27H36O4/c1-15(2)17-14-27-12-9-20-25(3,10-6-11-26(20,4)24(30)31-5)21(27)13-16(17)22-18(28)7-8-19(29)23(22)27/h7-8,14-16,20-23H,6,9-13H2,1-5H3/t16?,20?,21?,22?,23?,25-,26+,27-/m0/s1. The van der Waals surface area contributed by atoms with Crippen LogP contribution in [0.5, 0.6) is 0 Å². The van der Waals surface area contributed by atoms with Gasteiger partial charge < -0.3 is 4.74 Å². The molecule has 0 aromatic rings. The Morgan fingerprint density at radius 1 is 1.06 bits per heavy atom. The van der Waals surface area contributed by atoms with Crippen molar-refractivity contribution >= 4 is 17.5 Å². The summed E-state index contributed by atoms with van der Waals surface area (Å²) < 4.78 is 5.29. The third kappa shape index (κ3) is 2.51. The number of hydrogen-bond acceptors (Lipinski definition) is 4. The number of carbonyl (C=O) groups excluding carboxylic acids is 3. The molecule has 0 radical (unpaired) electrons. The van der Waals surface area contributed by atoms with E-state index in [0.717, 1.165) is 38.5 Å². The van der Waals surface area contributed by atoms with Crippen LogP contribution in [0.1, 0.15) is 66.2 Å². The van der Waals surface area contributed by atoms with Crippen molar-refractivity contribution in [1.29, 1.82) is 0 Å². The van der Waals surface area contributed by atoms with E-state index >= 15 is 0 Å². The van der Waals surface area contributed by atoms with Crippen LogP contribution in [0.3, 0.4) is 0 Å². The fraction of sp³-hybridized carbons (Fsp3) is 0.741. The van der Waals surface area contributed by atoms with Gasteiger partial charge in [0, 0.05) is 17.3 Å². The average molecular weight is 425 g/mol. The topological polar surface area (TPSA) is 60.4 Å². The zero-order chi connectivity index (χ0) is 22.3. The van der Waals surface area contributed by atoms with Crippen LogP contribution in [0.2, 0.25) is 0 Å². The predicted octanol–water partition coefficient (Wildman–Crippen LogP) is 4.92. The van der Waals surface area contributed by atoms with E-state index in [0.29, 0.717) is 11.8 Å². The zero-order valence-corrected chi connectivity index (χ0v) is 19.6. The molecule has 0 aromatic carbocycles. The first-order valence-corrected chi connectivity index (χ1v) is 12.2. The van der Waals surface area contributed by atoms with E-state index in [1.54, 1.807) is 6.08 Å². The quantitative estimate of drug-likeness (QED) is 0.466. The van der Waals surface area contributed by atoms with Crippen molar-refractivity contribution in [2.75, 3.05) is 7.11 Å². The Bertz CT molecular complexity index is 912. The first-order valence-electron chi connectivity index (χ1n) is 12.2. The number of hydrogen-bond donors (Lipinski definition) is 0.